The van der Waals surface area contributed by atoms with Gasteiger partial charge in [-0.3, -0.25) is 14.7 Å². The van der Waals surface area contributed by atoms with E-state index in [2.05, 4.69) is 20.8 Å². The van der Waals surface area contributed by atoms with Crippen molar-refractivity contribution < 1.29 is 9.59 Å². The summed E-state index contributed by atoms with van der Waals surface area (Å²) in [6.07, 6.45) is 0.315. The van der Waals surface area contributed by atoms with Crippen LogP contribution in [0.1, 0.15) is 35.5 Å². The first-order valence-corrected chi connectivity index (χ1v) is 8.57. The van der Waals surface area contributed by atoms with Gasteiger partial charge in [0.25, 0.3) is 5.91 Å². The van der Waals surface area contributed by atoms with E-state index in [0.717, 1.165) is 22.0 Å². The lowest BCUT2D eigenvalue weighted by Crippen LogP contribution is -2.31. The summed E-state index contributed by atoms with van der Waals surface area (Å²) in [6.45, 7) is 5.83. The van der Waals surface area contributed by atoms with E-state index >= 15 is 0 Å². The topological polar surface area (TPSA) is 86.9 Å². The lowest BCUT2D eigenvalue weighted by atomic mass is 10.1. The van der Waals surface area contributed by atoms with Gasteiger partial charge in [-0.25, -0.2) is 0 Å². The molecule has 134 valence electrons. The van der Waals surface area contributed by atoms with Gasteiger partial charge in [0.1, 0.15) is 0 Å². The van der Waals surface area contributed by atoms with E-state index in [0.29, 0.717) is 17.8 Å². The second kappa shape index (κ2) is 7.39. The third-order valence-electron chi connectivity index (χ3n) is 3.96. The van der Waals surface area contributed by atoms with Crippen LogP contribution in [-0.4, -0.2) is 28.1 Å². The lowest BCUT2D eigenvalue weighted by molar-refractivity contribution is -0.120. The number of aryl methyl sites for hydroxylation is 1. The van der Waals surface area contributed by atoms with Gasteiger partial charge in [-0.05, 0) is 50.6 Å². The summed E-state index contributed by atoms with van der Waals surface area (Å²) in [5, 5.41) is 13.5. The van der Waals surface area contributed by atoms with Gasteiger partial charge in [-0.2, -0.15) is 5.10 Å². The normalized spacial score (nSPS) is 10.9. The first-order valence-electron chi connectivity index (χ1n) is 8.57. The molecule has 0 fully saturated rings. The molecule has 6 heteroatoms. The molecule has 0 spiro atoms. The van der Waals surface area contributed by atoms with Gasteiger partial charge in [0, 0.05) is 17.1 Å². The summed E-state index contributed by atoms with van der Waals surface area (Å²) < 4.78 is 0. The van der Waals surface area contributed by atoms with Crippen LogP contribution >= 0.6 is 0 Å². The highest BCUT2D eigenvalue weighted by atomic mass is 16.2. The zero-order chi connectivity index (χ0) is 18.7. The summed E-state index contributed by atoms with van der Waals surface area (Å²) in [5.41, 5.74) is 3.81. The van der Waals surface area contributed by atoms with E-state index in [-0.39, 0.29) is 17.9 Å². The van der Waals surface area contributed by atoms with Crippen LogP contribution in [-0.2, 0) is 11.2 Å². The molecule has 3 rings (SSSR count). The third kappa shape index (κ3) is 4.08. The molecule has 1 aromatic heterocycles. The van der Waals surface area contributed by atoms with Crippen molar-refractivity contribution in [3.8, 4) is 0 Å². The monoisotopic (exact) mass is 350 g/mol. The molecule has 0 saturated carbocycles. The molecule has 0 aliphatic heterocycles. The Morgan fingerprint density at radius 2 is 1.85 bits per heavy atom. The number of anilines is 1. The molecule has 3 aromatic rings. The number of nitrogens with zero attached hydrogens (tertiary/aromatic N) is 1. The average molecular weight is 350 g/mol. The van der Waals surface area contributed by atoms with Crippen LogP contribution in [0.2, 0.25) is 0 Å². The van der Waals surface area contributed by atoms with E-state index < -0.39 is 0 Å². The van der Waals surface area contributed by atoms with Crippen molar-refractivity contribution in [3.05, 3.63) is 59.3 Å². The number of hydrogen-bond acceptors (Lipinski definition) is 3. The quantitative estimate of drug-likeness (QED) is 0.660. The van der Waals surface area contributed by atoms with Gasteiger partial charge >= 0.3 is 0 Å². The molecule has 0 aliphatic carbocycles. The third-order valence-corrected chi connectivity index (χ3v) is 3.96. The maximum absolute atomic E-state index is 12.5. The molecule has 0 atom stereocenters. The summed E-state index contributed by atoms with van der Waals surface area (Å²) in [6, 6.07) is 13.2. The summed E-state index contributed by atoms with van der Waals surface area (Å²) >= 11 is 0. The molecule has 3 N–H and O–H groups in total. The number of fused-ring (bicyclic) bond motifs is 1. The van der Waals surface area contributed by atoms with Gasteiger partial charge in [-0.1, -0.05) is 23.8 Å². The Bertz CT molecular complexity index is 942. The number of benzene rings is 2. The number of rotatable bonds is 5. The Labute approximate surface area is 152 Å². The predicted octanol–water partition coefficient (Wildman–Crippen LogP) is 3.19. The Morgan fingerprint density at radius 3 is 2.54 bits per heavy atom. The molecule has 2 aromatic carbocycles. The second-order valence-corrected chi connectivity index (χ2v) is 6.67. The second-order valence-electron chi connectivity index (χ2n) is 6.67. The number of H-pyrrole nitrogens is 1. The molecule has 0 radical (unpaired) electrons. The number of aromatic amines is 1. The fourth-order valence-corrected chi connectivity index (χ4v) is 2.76. The van der Waals surface area contributed by atoms with Crippen LogP contribution in [0, 0.1) is 6.92 Å². The number of hydrogen-bond donors (Lipinski definition) is 3. The maximum atomic E-state index is 12.5. The minimum atomic E-state index is -0.271. The molecule has 1 heterocycles. The van der Waals surface area contributed by atoms with E-state index in [9.17, 15) is 9.59 Å². The van der Waals surface area contributed by atoms with E-state index in [1.165, 1.54) is 0 Å². The standard InChI is InChI=1S/C20H22N4O2/c1-12(2)21-18(25)11-14-5-7-15(8-6-14)22-20(26)19-16-10-13(3)4-9-17(16)23-24-19/h4-10,12H,11H2,1-3H3,(H,21,25)(H,22,26)(H,23,24). The highest BCUT2D eigenvalue weighted by molar-refractivity contribution is 6.11. The highest BCUT2D eigenvalue weighted by Gasteiger charge is 2.14. The number of aromatic nitrogens is 2. The van der Waals surface area contributed by atoms with Crippen LogP contribution in [0.3, 0.4) is 0 Å². The van der Waals surface area contributed by atoms with Crippen LogP contribution in [0.25, 0.3) is 10.9 Å². The molecular formula is C20H22N4O2. The van der Waals surface area contributed by atoms with Crippen molar-refractivity contribution in [2.24, 2.45) is 0 Å². The first-order chi connectivity index (χ1) is 12.4. The van der Waals surface area contributed by atoms with Crippen LogP contribution in [0.15, 0.2) is 42.5 Å². The Balaban J connectivity index is 1.69. The summed E-state index contributed by atoms with van der Waals surface area (Å²) in [7, 11) is 0. The minimum Gasteiger partial charge on any atom is -0.354 e. The van der Waals surface area contributed by atoms with Crippen molar-refractivity contribution >= 4 is 28.4 Å². The number of nitrogens with one attached hydrogen (secondary N) is 3. The van der Waals surface area contributed by atoms with Gasteiger partial charge in [-0.15, -0.1) is 0 Å². The fraction of sp³-hybridized carbons (Fsp3) is 0.250. The maximum Gasteiger partial charge on any atom is 0.276 e. The number of carbonyl (C=O) groups excluding carboxylic acids is 2. The highest BCUT2D eigenvalue weighted by Crippen LogP contribution is 2.19. The molecule has 0 aliphatic rings. The Kier molecular flexibility index (Phi) is 5.02. The zero-order valence-electron chi connectivity index (χ0n) is 15.1. The van der Waals surface area contributed by atoms with Crippen molar-refractivity contribution in [2.45, 2.75) is 33.2 Å². The first kappa shape index (κ1) is 17.7. The smallest absolute Gasteiger partial charge is 0.276 e. The largest absolute Gasteiger partial charge is 0.354 e. The average Bonchev–Trinajstić information content (AvgIpc) is 2.99. The van der Waals surface area contributed by atoms with Gasteiger partial charge in [0.05, 0.1) is 11.9 Å². The van der Waals surface area contributed by atoms with Crippen LogP contribution < -0.4 is 10.6 Å². The number of amides is 2. The van der Waals surface area contributed by atoms with Gasteiger partial charge in [0.15, 0.2) is 5.69 Å². The van der Waals surface area contributed by atoms with Crippen LogP contribution in [0.4, 0.5) is 5.69 Å². The molecule has 0 saturated heterocycles. The summed E-state index contributed by atoms with van der Waals surface area (Å²) in [5.74, 6) is -0.290. The molecule has 0 unspecified atom stereocenters. The minimum absolute atomic E-state index is 0.0184. The molecule has 26 heavy (non-hydrogen) atoms. The van der Waals surface area contributed by atoms with Crippen molar-refractivity contribution in [1.82, 2.24) is 15.5 Å². The summed E-state index contributed by atoms with van der Waals surface area (Å²) in [4.78, 5) is 24.3. The van der Waals surface area contributed by atoms with Gasteiger partial charge < -0.3 is 10.6 Å². The van der Waals surface area contributed by atoms with E-state index in [4.69, 9.17) is 0 Å². The molecule has 6 nitrogen and oxygen atoms in total. The fourth-order valence-electron chi connectivity index (χ4n) is 2.76. The number of carbonyl (C=O) groups is 2. The molecule has 0 bridgehead atoms. The van der Waals surface area contributed by atoms with Gasteiger partial charge in [0.2, 0.25) is 5.91 Å². The van der Waals surface area contributed by atoms with E-state index in [1.807, 2.05) is 51.1 Å². The Hall–Kier alpha value is -3.15. The predicted molar refractivity (Wildman–Crippen MR) is 102 cm³/mol. The van der Waals surface area contributed by atoms with E-state index in [1.54, 1.807) is 12.1 Å². The lowest BCUT2D eigenvalue weighted by Gasteiger charge is -2.09. The van der Waals surface area contributed by atoms with Crippen molar-refractivity contribution in [2.75, 3.05) is 5.32 Å². The van der Waals surface area contributed by atoms with Crippen molar-refractivity contribution in [1.29, 1.82) is 0 Å². The van der Waals surface area contributed by atoms with Crippen molar-refractivity contribution in [3.63, 3.8) is 0 Å². The molecular weight excluding hydrogens is 328 g/mol. The SMILES string of the molecule is Cc1ccc2[nH]nc(C(=O)Nc3ccc(CC(=O)NC(C)C)cc3)c2c1. The van der Waals surface area contributed by atoms with Crippen LogP contribution in [0.5, 0.6) is 0 Å². The Morgan fingerprint density at radius 1 is 1.12 bits per heavy atom. The molecule has 2 amide bonds. The zero-order valence-corrected chi connectivity index (χ0v) is 15.1.